The van der Waals surface area contributed by atoms with E-state index in [9.17, 15) is 18.0 Å². The fourth-order valence-electron chi connectivity index (χ4n) is 2.45. The molecule has 1 aromatic carbocycles. The summed E-state index contributed by atoms with van der Waals surface area (Å²) in [5.41, 5.74) is 1.11. The molecule has 0 fully saturated rings. The number of carboxylic acids is 1. The number of aryl methyl sites for hydroxylation is 1. The fourth-order valence-corrected chi connectivity index (χ4v) is 3.72. The number of hydrogen-bond acceptors (Lipinski definition) is 6. The van der Waals surface area contributed by atoms with Gasteiger partial charge in [0.15, 0.2) is 6.61 Å². The number of carbonyl (C=O) groups is 2. The van der Waals surface area contributed by atoms with Crippen LogP contribution in [0.2, 0.25) is 0 Å². The van der Waals surface area contributed by atoms with Gasteiger partial charge < -0.3 is 14.7 Å². The summed E-state index contributed by atoms with van der Waals surface area (Å²) in [5.74, 6) is -1.14. The van der Waals surface area contributed by atoms with Crippen molar-refractivity contribution in [3.05, 3.63) is 35.7 Å². The predicted molar refractivity (Wildman–Crippen MR) is 101 cm³/mol. The Morgan fingerprint density at radius 1 is 1.29 bits per heavy atom. The zero-order chi connectivity index (χ0) is 21.1. The topological polar surface area (TPSA) is 131 Å². The van der Waals surface area contributed by atoms with Crippen LogP contribution in [0.1, 0.15) is 11.1 Å². The maximum absolute atomic E-state index is 12.8. The van der Waals surface area contributed by atoms with E-state index in [0.717, 1.165) is 0 Å². The zero-order valence-electron chi connectivity index (χ0n) is 16.0. The molecule has 28 heavy (non-hydrogen) atoms. The maximum atomic E-state index is 12.8. The van der Waals surface area contributed by atoms with E-state index in [0.29, 0.717) is 11.1 Å². The number of nitrogens with one attached hydrogen (secondary N) is 1. The van der Waals surface area contributed by atoms with Crippen LogP contribution in [0, 0.1) is 13.8 Å². The number of carbonyl (C=O) groups excluding carboxylic acids is 1. The van der Waals surface area contributed by atoms with Crippen LogP contribution >= 0.6 is 0 Å². The molecule has 0 bridgehead atoms. The van der Waals surface area contributed by atoms with Crippen molar-refractivity contribution in [3.8, 4) is 5.75 Å². The van der Waals surface area contributed by atoms with Gasteiger partial charge >= 0.3 is 5.97 Å². The van der Waals surface area contributed by atoms with E-state index in [4.69, 9.17) is 9.84 Å². The number of rotatable bonds is 8. The highest BCUT2D eigenvalue weighted by Crippen LogP contribution is 2.30. The Hall–Kier alpha value is -3.08. The molecule has 2 N–H and O–H groups in total. The number of sulfonamides is 1. The molecule has 2 aromatic rings. The van der Waals surface area contributed by atoms with E-state index in [1.165, 1.54) is 41.0 Å². The lowest BCUT2D eigenvalue weighted by Crippen LogP contribution is -2.26. The Labute approximate surface area is 162 Å². The summed E-state index contributed by atoms with van der Waals surface area (Å²) < 4.78 is 34.5. The molecule has 1 aromatic heterocycles. The van der Waals surface area contributed by atoms with Gasteiger partial charge in [-0.15, -0.1) is 0 Å². The minimum atomic E-state index is -3.98. The Morgan fingerprint density at radius 3 is 2.57 bits per heavy atom. The van der Waals surface area contributed by atoms with Crippen LogP contribution in [0.15, 0.2) is 29.4 Å². The first-order valence-electron chi connectivity index (χ1n) is 8.21. The highest BCUT2D eigenvalue weighted by Gasteiger charge is 2.22. The van der Waals surface area contributed by atoms with Crippen LogP contribution in [0.4, 0.5) is 5.69 Å². The monoisotopic (exact) mass is 410 g/mol. The second kappa shape index (κ2) is 8.30. The first-order valence-corrected chi connectivity index (χ1v) is 9.70. The fraction of sp³-hybridized carbons (Fsp3) is 0.353. The standard InChI is InChI=1S/C17H22N4O6S/c1-11-5-6-14(12(2)17(11)27-10-16(23)24)28(25,26)19-13-7-18-21(8-13)9-15(22)20(3)4/h5-8,19H,9-10H2,1-4H3,(H,23,24). The molecule has 0 aliphatic rings. The number of aromatic nitrogens is 2. The van der Waals surface area contributed by atoms with E-state index < -0.39 is 22.6 Å². The molecule has 0 saturated carbocycles. The summed E-state index contributed by atoms with van der Waals surface area (Å²) in [6.07, 6.45) is 2.70. The van der Waals surface area contributed by atoms with Gasteiger partial charge in [-0.25, -0.2) is 13.2 Å². The van der Waals surface area contributed by atoms with Crippen LogP contribution < -0.4 is 9.46 Å². The normalized spacial score (nSPS) is 11.1. The molecule has 10 nitrogen and oxygen atoms in total. The molecule has 0 unspecified atom stereocenters. The lowest BCUT2D eigenvalue weighted by molar-refractivity contribution is -0.139. The minimum Gasteiger partial charge on any atom is -0.481 e. The van der Waals surface area contributed by atoms with Crippen LogP contribution in [0.5, 0.6) is 5.75 Å². The SMILES string of the molecule is Cc1ccc(S(=O)(=O)Nc2cnn(CC(=O)N(C)C)c2)c(C)c1OCC(=O)O. The second-order valence-corrected chi connectivity index (χ2v) is 7.99. The smallest absolute Gasteiger partial charge is 0.341 e. The molecule has 1 heterocycles. The molecule has 0 aliphatic carbocycles. The molecular formula is C17H22N4O6S. The van der Waals surface area contributed by atoms with Crippen molar-refractivity contribution in [3.63, 3.8) is 0 Å². The molecule has 11 heteroatoms. The van der Waals surface area contributed by atoms with Crippen molar-refractivity contribution in [2.24, 2.45) is 0 Å². The molecule has 0 radical (unpaired) electrons. The molecule has 0 saturated heterocycles. The third kappa shape index (κ3) is 5.00. The van der Waals surface area contributed by atoms with Gasteiger partial charge in [-0.2, -0.15) is 5.10 Å². The highest BCUT2D eigenvalue weighted by atomic mass is 32.2. The van der Waals surface area contributed by atoms with Crippen LogP contribution in [0.25, 0.3) is 0 Å². The Kier molecular flexibility index (Phi) is 6.29. The second-order valence-electron chi connectivity index (χ2n) is 6.34. The van der Waals surface area contributed by atoms with Crippen molar-refractivity contribution in [2.75, 3.05) is 25.4 Å². The third-order valence-electron chi connectivity index (χ3n) is 3.86. The van der Waals surface area contributed by atoms with Crippen LogP contribution in [-0.2, 0) is 26.2 Å². The highest BCUT2D eigenvalue weighted by molar-refractivity contribution is 7.92. The largest absolute Gasteiger partial charge is 0.481 e. The van der Waals surface area contributed by atoms with Crippen molar-refractivity contribution >= 4 is 27.6 Å². The number of likely N-dealkylation sites (N-methyl/N-ethyl adjacent to an activating group) is 1. The van der Waals surface area contributed by atoms with Crippen molar-refractivity contribution in [2.45, 2.75) is 25.3 Å². The molecule has 0 aliphatic heterocycles. The summed E-state index contributed by atoms with van der Waals surface area (Å²) in [4.78, 5) is 23.8. The third-order valence-corrected chi connectivity index (χ3v) is 5.39. The minimum absolute atomic E-state index is 0.0224. The van der Waals surface area contributed by atoms with Crippen LogP contribution in [-0.4, -0.2) is 60.8 Å². The van der Waals surface area contributed by atoms with Gasteiger partial charge in [-0.1, -0.05) is 6.07 Å². The molecule has 152 valence electrons. The first kappa shape index (κ1) is 21.2. The first-order chi connectivity index (χ1) is 13.0. The average molecular weight is 410 g/mol. The van der Waals surface area contributed by atoms with Crippen LogP contribution in [0.3, 0.4) is 0 Å². The molecular weight excluding hydrogens is 388 g/mol. The molecule has 0 spiro atoms. The van der Waals surface area contributed by atoms with Gasteiger partial charge in [-0.3, -0.25) is 14.2 Å². The Balaban J connectivity index is 2.26. The van der Waals surface area contributed by atoms with Crippen molar-refractivity contribution < 1.29 is 27.9 Å². The van der Waals surface area contributed by atoms with E-state index in [1.54, 1.807) is 21.0 Å². The zero-order valence-corrected chi connectivity index (χ0v) is 16.8. The average Bonchev–Trinajstić information content (AvgIpc) is 3.00. The number of anilines is 1. The number of carboxylic acid groups (broad SMARTS) is 1. The predicted octanol–water partition coefficient (Wildman–Crippen LogP) is 0.852. The quantitative estimate of drug-likeness (QED) is 0.660. The number of amides is 1. The number of aliphatic carboxylic acids is 1. The Bertz CT molecular complexity index is 997. The van der Waals surface area contributed by atoms with Gasteiger partial charge in [0.25, 0.3) is 10.0 Å². The summed E-state index contributed by atoms with van der Waals surface area (Å²) in [5, 5.41) is 12.8. The lowest BCUT2D eigenvalue weighted by Gasteiger charge is -2.15. The molecule has 0 atom stereocenters. The van der Waals surface area contributed by atoms with E-state index in [2.05, 4.69) is 9.82 Å². The summed E-state index contributed by atoms with van der Waals surface area (Å²) >= 11 is 0. The lowest BCUT2D eigenvalue weighted by atomic mass is 10.1. The number of ether oxygens (including phenoxy) is 1. The number of nitrogens with zero attached hydrogens (tertiary/aromatic N) is 3. The van der Waals surface area contributed by atoms with E-state index in [-0.39, 0.29) is 28.8 Å². The summed E-state index contributed by atoms with van der Waals surface area (Å²) in [7, 11) is -0.758. The van der Waals surface area contributed by atoms with Crippen molar-refractivity contribution in [1.82, 2.24) is 14.7 Å². The van der Waals surface area contributed by atoms with Gasteiger partial charge in [0.2, 0.25) is 5.91 Å². The Morgan fingerprint density at radius 2 is 1.96 bits per heavy atom. The summed E-state index contributed by atoms with van der Waals surface area (Å²) in [6.45, 7) is 2.63. The number of hydrogen-bond donors (Lipinski definition) is 2. The van der Waals surface area contributed by atoms with Gasteiger partial charge in [0.1, 0.15) is 12.3 Å². The van der Waals surface area contributed by atoms with Gasteiger partial charge in [-0.05, 0) is 25.5 Å². The summed E-state index contributed by atoms with van der Waals surface area (Å²) in [6, 6.07) is 2.96. The van der Waals surface area contributed by atoms with Gasteiger partial charge in [0.05, 0.1) is 16.8 Å². The maximum Gasteiger partial charge on any atom is 0.341 e. The van der Waals surface area contributed by atoms with E-state index >= 15 is 0 Å². The van der Waals surface area contributed by atoms with E-state index in [1.807, 2.05) is 0 Å². The molecule has 2 rings (SSSR count). The molecule has 1 amide bonds. The van der Waals surface area contributed by atoms with Crippen molar-refractivity contribution in [1.29, 1.82) is 0 Å². The number of benzene rings is 1. The van der Waals surface area contributed by atoms with Gasteiger partial charge in [0, 0.05) is 25.9 Å².